The summed E-state index contributed by atoms with van der Waals surface area (Å²) in [4.78, 5) is 13.0. The van der Waals surface area contributed by atoms with Crippen LogP contribution in [0.2, 0.25) is 0 Å². The molecule has 0 saturated heterocycles. The van der Waals surface area contributed by atoms with Crippen molar-refractivity contribution in [2.45, 2.75) is 26.3 Å². The number of aryl methyl sites for hydroxylation is 2. The van der Waals surface area contributed by atoms with Crippen molar-refractivity contribution in [1.82, 2.24) is 5.32 Å². The van der Waals surface area contributed by atoms with Crippen molar-refractivity contribution in [3.8, 4) is 0 Å². The predicted octanol–water partition coefficient (Wildman–Crippen LogP) is 4.95. The lowest BCUT2D eigenvalue weighted by molar-refractivity contribution is -0.118. The lowest BCUT2D eigenvalue weighted by atomic mass is 10.0. The number of benzene rings is 3. The zero-order chi connectivity index (χ0) is 19.9. The van der Waals surface area contributed by atoms with Gasteiger partial charge in [-0.3, -0.25) is 4.79 Å². The summed E-state index contributed by atoms with van der Waals surface area (Å²) in [5, 5.41) is 6.40. The third kappa shape index (κ3) is 5.27. The smallest absolute Gasteiger partial charge is 0.246 e. The summed E-state index contributed by atoms with van der Waals surface area (Å²) in [6.45, 7) is 4.59. The molecular formula is C24H25FN2O. The predicted molar refractivity (Wildman–Crippen MR) is 112 cm³/mol. The molecule has 0 heterocycles. The van der Waals surface area contributed by atoms with Crippen molar-refractivity contribution in [2.75, 3.05) is 11.9 Å². The standard InChI is InChI=1S/C24H25FN2O/c1-17-8-9-18(2)22(16-17)27-24(28)23(20-6-4-3-5-7-20)26-15-14-19-10-12-21(25)13-11-19/h3-13,16,23,26H,14-15H2,1-2H3,(H,27,28)/t23-/m1/s1. The Morgan fingerprint density at radius 3 is 2.39 bits per heavy atom. The molecule has 3 aromatic carbocycles. The number of nitrogens with one attached hydrogen (secondary N) is 2. The highest BCUT2D eigenvalue weighted by molar-refractivity contribution is 5.96. The molecule has 3 nitrogen and oxygen atoms in total. The molecule has 2 N–H and O–H groups in total. The molecule has 3 aromatic rings. The molecule has 0 unspecified atom stereocenters. The third-order valence-corrected chi connectivity index (χ3v) is 4.72. The van der Waals surface area contributed by atoms with Crippen LogP contribution in [-0.4, -0.2) is 12.5 Å². The Morgan fingerprint density at radius 1 is 0.964 bits per heavy atom. The van der Waals surface area contributed by atoms with Gasteiger partial charge in [-0.2, -0.15) is 0 Å². The van der Waals surface area contributed by atoms with Gasteiger partial charge in [-0.05, 0) is 60.7 Å². The number of rotatable bonds is 7. The number of amides is 1. The number of hydrogen-bond donors (Lipinski definition) is 2. The summed E-state index contributed by atoms with van der Waals surface area (Å²) in [6, 6.07) is 21.7. The Labute approximate surface area is 165 Å². The van der Waals surface area contributed by atoms with Crippen LogP contribution in [-0.2, 0) is 11.2 Å². The van der Waals surface area contributed by atoms with Crippen LogP contribution in [0, 0.1) is 19.7 Å². The van der Waals surface area contributed by atoms with Gasteiger partial charge in [-0.1, -0.05) is 54.6 Å². The molecule has 3 rings (SSSR count). The van der Waals surface area contributed by atoms with Gasteiger partial charge in [0, 0.05) is 12.2 Å². The summed E-state index contributed by atoms with van der Waals surface area (Å²) in [5.41, 5.74) is 4.88. The second-order valence-electron chi connectivity index (χ2n) is 6.98. The van der Waals surface area contributed by atoms with E-state index in [1.165, 1.54) is 12.1 Å². The van der Waals surface area contributed by atoms with E-state index in [0.717, 1.165) is 27.9 Å². The number of hydrogen-bond acceptors (Lipinski definition) is 2. The lowest BCUT2D eigenvalue weighted by Gasteiger charge is -2.20. The van der Waals surface area contributed by atoms with E-state index in [4.69, 9.17) is 0 Å². The molecule has 0 aliphatic carbocycles. The average Bonchev–Trinajstić information content (AvgIpc) is 2.70. The number of halogens is 1. The van der Waals surface area contributed by atoms with E-state index in [1.54, 1.807) is 12.1 Å². The highest BCUT2D eigenvalue weighted by Gasteiger charge is 2.20. The molecule has 0 aliphatic rings. The zero-order valence-corrected chi connectivity index (χ0v) is 16.2. The molecule has 144 valence electrons. The first-order valence-corrected chi connectivity index (χ1v) is 9.44. The van der Waals surface area contributed by atoms with E-state index in [1.807, 2.05) is 62.4 Å². The van der Waals surface area contributed by atoms with Crippen LogP contribution in [0.4, 0.5) is 10.1 Å². The van der Waals surface area contributed by atoms with Gasteiger partial charge in [0.1, 0.15) is 11.9 Å². The minimum absolute atomic E-state index is 0.0981. The molecule has 0 aromatic heterocycles. The van der Waals surface area contributed by atoms with Gasteiger partial charge in [0.05, 0.1) is 0 Å². The van der Waals surface area contributed by atoms with Crippen LogP contribution in [0.5, 0.6) is 0 Å². The van der Waals surface area contributed by atoms with E-state index >= 15 is 0 Å². The fourth-order valence-corrected chi connectivity index (χ4v) is 3.09. The maximum absolute atomic E-state index is 13.1. The largest absolute Gasteiger partial charge is 0.324 e. The summed E-state index contributed by atoms with van der Waals surface area (Å²) in [5.74, 6) is -0.342. The normalized spacial score (nSPS) is 11.8. The molecule has 0 fully saturated rings. The Bertz CT molecular complexity index is 923. The first kappa shape index (κ1) is 19.8. The Balaban J connectivity index is 1.72. The Kier molecular flexibility index (Phi) is 6.56. The van der Waals surface area contributed by atoms with Crippen molar-refractivity contribution in [2.24, 2.45) is 0 Å². The van der Waals surface area contributed by atoms with Crippen LogP contribution in [0.15, 0.2) is 72.8 Å². The maximum Gasteiger partial charge on any atom is 0.246 e. The summed E-state index contributed by atoms with van der Waals surface area (Å²) in [7, 11) is 0. The molecule has 0 aliphatic heterocycles. The van der Waals surface area contributed by atoms with E-state index in [2.05, 4.69) is 10.6 Å². The van der Waals surface area contributed by atoms with Gasteiger partial charge in [0.2, 0.25) is 5.91 Å². The highest BCUT2D eigenvalue weighted by Crippen LogP contribution is 2.20. The molecule has 0 spiro atoms. The van der Waals surface area contributed by atoms with Crippen LogP contribution < -0.4 is 10.6 Å². The van der Waals surface area contributed by atoms with Crippen molar-refractivity contribution >= 4 is 11.6 Å². The number of carbonyl (C=O) groups excluding carboxylic acids is 1. The number of anilines is 1. The summed E-state index contributed by atoms with van der Waals surface area (Å²) >= 11 is 0. The van der Waals surface area contributed by atoms with Gasteiger partial charge in [0.15, 0.2) is 0 Å². The Morgan fingerprint density at radius 2 is 1.68 bits per heavy atom. The topological polar surface area (TPSA) is 41.1 Å². The SMILES string of the molecule is Cc1ccc(C)c(NC(=O)[C@H](NCCc2ccc(F)cc2)c2ccccc2)c1. The molecule has 0 bridgehead atoms. The van der Waals surface area contributed by atoms with Gasteiger partial charge >= 0.3 is 0 Å². The van der Waals surface area contributed by atoms with Crippen molar-refractivity contribution in [3.63, 3.8) is 0 Å². The molecule has 4 heteroatoms. The fourth-order valence-electron chi connectivity index (χ4n) is 3.09. The first-order valence-electron chi connectivity index (χ1n) is 9.44. The monoisotopic (exact) mass is 376 g/mol. The van der Waals surface area contributed by atoms with E-state index < -0.39 is 6.04 Å². The summed E-state index contributed by atoms with van der Waals surface area (Å²) in [6.07, 6.45) is 0.709. The van der Waals surface area contributed by atoms with Gasteiger partial charge in [0.25, 0.3) is 0 Å². The number of carbonyl (C=O) groups is 1. The van der Waals surface area contributed by atoms with Crippen LogP contribution in [0.3, 0.4) is 0 Å². The zero-order valence-electron chi connectivity index (χ0n) is 16.2. The molecular weight excluding hydrogens is 351 g/mol. The van der Waals surface area contributed by atoms with Gasteiger partial charge in [-0.25, -0.2) is 4.39 Å². The molecule has 1 amide bonds. The molecule has 0 radical (unpaired) electrons. The minimum Gasteiger partial charge on any atom is -0.324 e. The van der Waals surface area contributed by atoms with Crippen molar-refractivity contribution in [3.05, 3.63) is 101 Å². The van der Waals surface area contributed by atoms with E-state index in [0.29, 0.717) is 13.0 Å². The fraction of sp³-hybridized carbons (Fsp3) is 0.208. The molecule has 1 atom stereocenters. The second kappa shape index (κ2) is 9.29. The molecule has 0 saturated carbocycles. The third-order valence-electron chi connectivity index (χ3n) is 4.72. The van der Waals surface area contributed by atoms with E-state index in [-0.39, 0.29) is 11.7 Å². The minimum atomic E-state index is -0.471. The highest BCUT2D eigenvalue weighted by atomic mass is 19.1. The van der Waals surface area contributed by atoms with Crippen LogP contribution in [0.25, 0.3) is 0 Å². The van der Waals surface area contributed by atoms with E-state index in [9.17, 15) is 9.18 Å². The van der Waals surface area contributed by atoms with Crippen molar-refractivity contribution < 1.29 is 9.18 Å². The molecule has 28 heavy (non-hydrogen) atoms. The quantitative estimate of drug-likeness (QED) is 0.612. The first-order chi connectivity index (χ1) is 13.5. The van der Waals surface area contributed by atoms with Gasteiger partial charge < -0.3 is 10.6 Å². The average molecular weight is 376 g/mol. The Hall–Kier alpha value is -2.98. The maximum atomic E-state index is 13.1. The van der Waals surface area contributed by atoms with Crippen molar-refractivity contribution in [1.29, 1.82) is 0 Å². The lowest BCUT2D eigenvalue weighted by Crippen LogP contribution is -2.34. The summed E-state index contributed by atoms with van der Waals surface area (Å²) < 4.78 is 13.1. The second-order valence-corrected chi connectivity index (χ2v) is 6.98. The van der Waals surface area contributed by atoms with Gasteiger partial charge in [-0.15, -0.1) is 0 Å². The van der Waals surface area contributed by atoms with Crippen LogP contribution >= 0.6 is 0 Å². The van der Waals surface area contributed by atoms with Crippen LogP contribution in [0.1, 0.15) is 28.3 Å².